The van der Waals surface area contributed by atoms with Gasteiger partial charge in [0, 0.05) is 29.8 Å². The summed E-state index contributed by atoms with van der Waals surface area (Å²) in [6, 6.07) is 14.1. The maximum absolute atomic E-state index is 13.1. The van der Waals surface area contributed by atoms with E-state index in [9.17, 15) is 14.4 Å². The van der Waals surface area contributed by atoms with Crippen molar-refractivity contribution in [2.45, 2.75) is 26.3 Å². The maximum Gasteiger partial charge on any atom is 0.262 e. The molecule has 7 heteroatoms. The van der Waals surface area contributed by atoms with Crippen LogP contribution in [0.3, 0.4) is 0 Å². The van der Waals surface area contributed by atoms with Crippen LogP contribution in [0.25, 0.3) is 0 Å². The largest absolute Gasteiger partial charge is 0.371 e. The third-order valence-electron chi connectivity index (χ3n) is 6.03. The number of hydrogen-bond acceptors (Lipinski definition) is 4. The van der Waals surface area contributed by atoms with Crippen LogP contribution in [0.2, 0.25) is 0 Å². The van der Waals surface area contributed by atoms with Gasteiger partial charge in [0.25, 0.3) is 11.8 Å². The molecule has 2 unspecified atom stereocenters. The molecule has 1 saturated heterocycles. The molecule has 1 fully saturated rings. The molecule has 2 aliphatic heterocycles. The average Bonchev–Trinajstić information content (AvgIpc) is 3.32. The van der Waals surface area contributed by atoms with Crippen LogP contribution >= 0.6 is 15.9 Å². The van der Waals surface area contributed by atoms with Crippen LogP contribution in [0.15, 0.2) is 53.0 Å². The summed E-state index contributed by atoms with van der Waals surface area (Å²) >= 11 is 3.51. The Bertz CT molecular complexity index is 988. The number of imide groups is 1. The molecule has 2 aliphatic rings. The molecule has 0 saturated carbocycles. The van der Waals surface area contributed by atoms with E-state index in [-0.39, 0.29) is 11.8 Å². The van der Waals surface area contributed by atoms with Crippen LogP contribution in [-0.2, 0) is 4.79 Å². The van der Waals surface area contributed by atoms with Crippen molar-refractivity contribution in [2.24, 2.45) is 11.8 Å². The Hall–Kier alpha value is -2.67. The number of fused-ring (bicyclic) bond motifs is 1. The number of nitrogens with one attached hydrogen (secondary N) is 1. The van der Waals surface area contributed by atoms with E-state index in [1.165, 1.54) is 0 Å². The fraction of sp³-hybridized carbons (Fsp3) is 0.375. The summed E-state index contributed by atoms with van der Waals surface area (Å²) in [7, 11) is 0. The van der Waals surface area contributed by atoms with E-state index in [1.54, 1.807) is 24.3 Å². The van der Waals surface area contributed by atoms with Gasteiger partial charge in [0.1, 0.15) is 6.04 Å². The van der Waals surface area contributed by atoms with Gasteiger partial charge in [-0.15, -0.1) is 0 Å². The van der Waals surface area contributed by atoms with Crippen molar-refractivity contribution in [3.05, 3.63) is 64.1 Å². The van der Waals surface area contributed by atoms with Gasteiger partial charge in [-0.3, -0.25) is 19.3 Å². The molecule has 31 heavy (non-hydrogen) atoms. The zero-order chi connectivity index (χ0) is 22.1. The number of carbonyl (C=O) groups excluding carboxylic acids is 3. The van der Waals surface area contributed by atoms with Gasteiger partial charge < -0.3 is 10.2 Å². The lowest BCUT2D eigenvalue weighted by Gasteiger charge is -2.29. The van der Waals surface area contributed by atoms with E-state index >= 15 is 0 Å². The number of hydrogen-bond donors (Lipinski definition) is 1. The fourth-order valence-electron chi connectivity index (χ4n) is 4.43. The summed E-state index contributed by atoms with van der Waals surface area (Å²) in [5.74, 6) is -0.931. The lowest BCUT2D eigenvalue weighted by atomic mass is 10.0. The van der Waals surface area contributed by atoms with Crippen molar-refractivity contribution in [1.29, 1.82) is 0 Å². The van der Waals surface area contributed by atoms with Gasteiger partial charge in [0.15, 0.2) is 0 Å². The summed E-state index contributed by atoms with van der Waals surface area (Å²) in [6.45, 7) is 6.03. The Morgan fingerprint density at radius 1 is 1.10 bits per heavy atom. The summed E-state index contributed by atoms with van der Waals surface area (Å²) in [5.41, 5.74) is 1.90. The smallest absolute Gasteiger partial charge is 0.262 e. The quantitative estimate of drug-likeness (QED) is 0.635. The summed E-state index contributed by atoms with van der Waals surface area (Å²) in [5, 5.41) is 3.01. The number of amides is 3. The molecule has 3 amide bonds. The number of nitrogens with zero attached hydrogens (tertiary/aromatic N) is 2. The molecule has 2 aromatic carbocycles. The van der Waals surface area contributed by atoms with E-state index in [0.717, 1.165) is 34.6 Å². The van der Waals surface area contributed by atoms with Crippen LogP contribution < -0.4 is 10.2 Å². The number of anilines is 1. The van der Waals surface area contributed by atoms with E-state index in [1.807, 2.05) is 26.0 Å². The number of halogens is 1. The van der Waals surface area contributed by atoms with E-state index in [0.29, 0.717) is 23.6 Å². The molecule has 0 aliphatic carbocycles. The maximum atomic E-state index is 13.1. The van der Waals surface area contributed by atoms with Crippen molar-refractivity contribution >= 4 is 39.3 Å². The van der Waals surface area contributed by atoms with Crippen molar-refractivity contribution < 1.29 is 14.4 Å². The van der Waals surface area contributed by atoms with Crippen LogP contribution in [0.4, 0.5) is 5.69 Å². The first-order valence-corrected chi connectivity index (χ1v) is 11.4. The summed E-state index contributed by atoms with van der Waals surface area (Å²) < 4.78 is 1.04. The molecule has 1 N–H and O–H groups in total. The molecule has 2 atom stereocenters. The first kappa shape index (κ1) is 21.6. The predicted octanol–water partition coefficient (Wildman–Crippen LogP) is 3.71. The molecular formula is C24H26BrN3O3. The number of carbonyl (C=O) groups is 3. The van der Waals surface area contributed by atoms with Gasteiger partial charge in [-0.05, 0) is 48.6 Å². The third kappa shape index (κ3) is 4.24. The van der Waals surface area contributed by atoms with Gasteiger partial charge in [-0.1, -0.05) is 48.0 Å². The molecule has 6 nitrogen and oxygen atoms in total. The topological polar surface area (TPSA) is 69.7 Å². The Balaban J connectivity index is 1.40. The van der Waals surface area contributed by atoms with Crippen molar-refractivity contribution in [1.82, 2.24) is 10.2 Å². The van der Waals surface area contributed by atoms with Gasteiger partial charge in [0.2, 0.25) is 5.91 Å². The van der Waals surface area contributed by atoms with Crippen LogP contribution in [0, 0.1) is 11.8 Å². The second-order valence-electron chi connectivity index (χ2n) is 8.54. The Labute approximate surface area is 190 Å². The van der Waals surface area contributed by atoms with Crippen molar-refractivity contribution in [3.63, 3.8) is 0 Å². The third-order valence-corrected chi connectivity index (χ3v) is 6.52. The average molecular weight is 484 g/mol. The monoisotopic (exact) mass is 483 g/mol. The van der Waals surface area contributed by atoms with Crippen molar-refractivity contribution in [3.8, 4) is 0 Å². The van der Waals surface area contributed by atoms with Crippen molar-refractivity contribution in [2.75, 3.05) is 24.5 Å². The standard InChI is InChI=1S/C24H26BrN3O3/c1-15(2)21(28-23(30)19-8-3-4-9-20(19)24(28)31)22(29)26-13-16-10-11-27(14-16)18-7-5-6-17(25)12-18/h3-9,12,15-16,21H,10-11,13-14H2,1-2H3,(H,26,29). The minimum Gasteiger partial charge on any atom is -0.371 e. The fourth-order valence-corrected chi connectivity index (χ4v) is 4.82. The van der Waals surface area contributed by atoms with Crippen LogP contribution in [0.1, 0.15) is 41.0 Å². The zero-order valence-corrected chi connectivity index (χ0v) is 19.3. The van der Waals surface area contributed by atoms with Gasteiger partial charge in [-0.2, -0.15) is 0 Å². The molecule has 2 heterocycles. The Kier molecular flexibility index (Phi) is 6.14. The van der Waals surface area contributed by atoms with Gasteiger partial charge >= 0.3 is 0 Å². The first-order valence-electron chi connectivity index (χ1n) is 10.6. The Morgan fingerprint density at radius 3 is 2.39 bits per heavy atom. The number of benzene rings is 2. The minimum atomic E-state index is -0.824. The number of rotatable bonds is 6. The van der Waals surface area contributed by atoms with E-state index in [4.69, 9.17) is 0 Å². The lowest BCUT2D eigenvalue weighted by Crippen LogP contribution is -2.53. The molecule has 0 bridgehead atoms. The molecule has 0 aromatic heterocycles. The van der Waals surface area contributed by atoms with E-state index in [2.05, 4.69) is 38.3 Å². The lowest BCUT2D eigenvalue weighted by molar-refractivity contribution is -0.126. The Morgan fingerprint density at radius 2 is 1.77 bits per heavy atom. The highest BCUT2D eigenvalue weighted by molar-refractivity contribution is 9.10. The first-order chi connectivity index (χ1) is 14.9. The van der Waals surface area contributed by atoms with Gasteiger partial charge in [-0.25, -0.2) is 0 Å². The summed E-state index contributed by atoms with van der Waals surface area (Å²) in [4.78, 5) is 42.3. The SMILES string of the molecule is CC(C)C(C(=O)NCC1CCN(c2cccc(Br)c2)C1)N1C(=O)c2ccccc2C1=O. The molecule has 162 valence electrons. The van der Waals surface area contributed by atoms with Crippen LogP contribution in [-0.4, -0.2) is 48.3 Å². The molecule has 0 spiro atoms. The predicted molar refractivity (Wildman–Crippen MR) is 123 cm³/mol. The minimum absolute atomic E-state index is 0.191. The summed E-state index contributed by atoms with van der Waals surface area (Å²) in [6.07, 6.45) is 0.978. The zero-order valence-electron chi connectivity index (χ0n) is 17.7. The highest BCUT2D eigenvalue weighted by Gasteiger charge is 2.44. The van der Waals surface area contributed by atoms with Gasteiger partial charge in [0.05, 0.1) is 11.1 Å². The highest BCUT2D eigenvalue weighted by atomic mass is 79.9. The molecule has 0 radical (unpaired) electrons. The second-order valence-corrected chi connectivity index (χ2v) is 9.46. The second kappa shape index (κ2) is 8.83. The highest BCUT2D eigenvalue weighted by Crippen LogP contribution is 2.28. The normalized spacial score (nSPS) is 19.2. The molecular weight excluding hydrogens is 458 g/mol. The van der Waals surface area contributed by atoms with E-state index < -0.39 is 17.9 Å². The van der Waals surface area contributed by atoms with Crippen LogP contribution in [0.5, 0.6) is 0 Å². The molecule has 4 rings (SSSR count). The molecule has 2 aromatic rings.